The minimum absolute atomic E-state index is 0.112. The molecule has 178 valence electrons. The van der Waals surface area contributed by atoms with Crippen LogP contribution in [0.4, 0.5) is 0 Å². The molecule has 2 bridgehead atoms. The highest BCUT2D eigenvalue weighted by atomic mass is 16.6. The van der Waals surface area contributed by atoms with Crippen LogP contribution in [0.1, 0.15) is 59.6 Å². The Labute approximate surface area is 202 Å². The minimum Gasteiger partial charge on any atom is -0.375 e. The quantitative estimate of drug-likeness (QED) is 0.473. The van der Waals surface area contributed by atoms with Crippen molar-refractivity contribution in [2.24, 2.45) is 4.99 Å². The monoisotopic (exact) mass is 468 g/mol. The van der Waals surface area contributed by atoms with Gasteiger partial charge in [-0.05, 0) is 51.3 Å². The van der Waals surface area contributed by atoms with Crippen LogP contribution < -0.4 is 5.32 Å². The van der Waals surface area contributed by atoms with Crippen LogP contribution in [0.2, 0.25) is 0 Å². The zero-order valence-electron chi connectivity index (χ0n) is 20.2. The number of likely N-dealkylation sites (N-methyl/N-ethyl adjacent to an activating group) is 1. The van der Waals surface area contributed by atoms with E-state index in [1.807, 2.05) is 7.05 Å². The lowest BCUT2D eigenvalue weighted by Gasteiger charge is -2.48. The smallest absolute Gasteiger partial charge is 0.278 e. The second-order valence-corrected chi connectivity index (χ2v) is 10.6. The summed E-state index contributed by atoms with van der Waals surface area (Å²) in [6.07, 6.45) is 6.54. The van der Waals surface area contributed by atoms with Crippen molar-refractivity contribution in [2.75, 3.05) is 14.2 Å². The predicted molar refractivity (Wildman–Crippen MR) is 136 cm³/mol. The van der Waals surface area contributed by atoms with Gasteiger partial charge in [0.25, 0.3) is 5.91 Å². The summed E-state index contributed by atoms with van der Waals surface area (Å²) >= 11 is 0. The minimum atomic E-state index is -0.742. The van der Waals surface area contributed by atoms with E-state index in [0.29, 0.717) is 0 Å². The predicted octanol–water partition coefficient (Wildman–Crippen LogP) is 4.41. The summed E-state index contributed by atoms with van der Waals surface area (Å²) < 4.78 is 18.1. The van der Waals surface area contributed by atoms with Crippen LogP contribution in [0.3, 0.4) is 0 Å². The topological polar surface area (TPSA) is 69.8 Å². The number of hydrogen-bond donors (Lipinski definition) is 1. The normalized spacial score (nSPS) is 28.9. The summed E-state index contributed by atoms with van der Waals surface area (Å²) in [5.74, 6) is -0.119. The van der Waals surface area contributed by atoms with Crippen LogP contribution in [0.25, 0.3) is 32.7 Å². The van der Waals surface area contributed by atoms with Gasteiger partial charge in [-0.15, -0.1) is 0 Å². The molecular weight excluding hydrogens is 440 g/mol. The molecule has 4 aromatic rings. The van der Waals surface area contributed by atoms with Crippen molar-refractivity contribution in [2.45, 2.75) is 63.1 Å². The van der Waals surface area contributed by atoms with Gasteiger partial charge in [-0.25, -0.2) is 4.99 Å². The van der Waals surface area contributed by atoms with Crippen molar-refractivity contribution in [3.63, 3.8) is 0 Å². The Hall–Kier alpha value is -3.00. The van der Waals surface area contributed by atoms with E-state index in [1.54, 1.807) is 13.3 Å². The number of hydrogen-bond acceptors (Lipinski definition) is 4. The van der Waals surface area contributed by atoms with Gasteiger partial charge in [0.2, 0.25) is 0 Å². The van der Waals surface area contributed by atoms with E-state index in [4.69, 9.17) is 9.47 Å². The largest absolute Gasteiger partial charge is 0.375 e. The third-order valence-electron chi connectivity index (χ3n) is 9.00. The molecule has 4 atom stereocenters. The first-order valence-electron chi connectivity index (χ1n) is 12.7. The van der Waals surface area contributed by atoms with E-state index in [9.17, 15) is 4.79 Å². The molecule has 4 aliphatic rings. The van der Waals surface area contributed by atoms with Gasteiger partial charge in [0.05, 0.1) is 22.1 Å². The van der Waals surface area contributed by atoms with E-state index in [2.05, 4.69) is 50.6 Å². The van der Waals surface area contributed by atoms with Crippen LogP contribution >= 0.6 is 0 Å². The molecule has 35 heavy (non-hydrogen) atoms. The number of carbonyl (C=O) groups excluding carboxylic acids is 1. The molecular formula is C28H28N4O3. The molecule has 0 spiro atoms. The van der Waals surface area contributed by atoms with Crippen LogP contribution in [0.5, 0.6) is 0 Å². The lowest BCUT2D eigenvalue weighted by Crippen LogP contribution is -2.59. The zero-order chi connectivity index (χ0) is 23.6. The average molecular weight is 469 g/mol. The number of amides is 1. The van der Waals surface area contributed by atoms with Crippen molar-refractivity contribution in [1.29, 1.82) is 0 Å². The summed E-state index contributed by atoms with van der Waals surface area (Å²) in [6, 6.07) is 8.59. The highest BCUT2D eigenvalue weighted by molar-refractivity contribution is 6.33. The summed E-state index contributed by atoms with van der Waals surface area (Å²) in [5.41, 5.74) is 7.02. The van der Waals surface area contributed by atoms with Gasteiger partial charge in [-0.2, -0.15) is 0 Å². The summed E-state index contributed by atoms with van der Waals surface area (Å²) in [7, 11) is 3.79. The Morgan fingerprint density at radius 2 is 2.00 bits per heavy atom. The van der Waals surface area contributed by atoms with Crippen molar-refractivity contribution < 1.29 is 14.3 Å². The maximum absolute atomic E-state index is 13.3. The lowest BCUT2D eigenvalue weighted by atomic mass is 9.90. The van der Waals surface area contributed by atoms with Crippen LogP contribution in [0.15, 0.2) is 29.3 Å². The zero-order valence-corrected chi connectivity index (χ0v) is 20.2. The molecule has 1 aliphatic carbocycles. The van der Waals surface area contributed by atoms with Crippen molar-refractivity contribution in [3.05, 3.63) is 46.6 Å². The summed E-state index contributed by atoms with van der Waals surface area (Å²) in [6.45, 7) is 2.17. The number of aromatic nitrogens is 2. The number of methoxy groups -OCH3 is 1. The molecule has 3 aliphatic heterocycles. The van der Waals surface area contributed by atoms with Crippen molar-refractivity contribution >= 4 is 44.8 Å². The molecule has 0 saturated carbocycles. The molecule has 1 saturated heterocycles. The van der Waals surface area contributed by atoms with E-state index in [0.717, 1.165) is 75.9 Å². The Morgan fingerprint density at radius 3 is 2.83 bits per heavy atom. The highest BCUT2D eigenvalue weighted by Gasteiger charge is 2.53. The number of nitrogens with one attached hydrogen (secondary N) is 1. The summed E-state index contributed by atoms with van der Waals surface area (Å²) in [5, 5.41) is 6.86. The second-order valence-electron chi connectivity index (χ2n) is 10.6. The number of nitrogens with zero attached hydrogens (tertiary/aromatic N) is 3. The molecule has 1 N–H and O–H groups in total. The first-order chi connectivity index (χ1) is 17.1. The first-order valence-corrected chi connectivity index (χ1v) is 12.7. The SMILES string of the molecule is CN[C@@H]1C[C@H]2O[C@@](C)([C@@H]1OC)n1c3ccccc3c3c4c(c5c6c(n2c5c31)CCCC6)C(=O)N=C4. The standard InChI is InChI=1S/C28H28N4O3/c1-28-26(34-3)17(29-2)12-20(35-28)31-18-10-6-4-8-14(18)22-23-16(13-30-27(23)33)21-15-9-5-7-11-19(15)32(28)25(21)24(22)31/h5,7,9,11,13,17,20,26,29H,4,6,8,10,12H2,1-3H3/t17-,20-,26-,28+/m1/s1. The maximum Gasteiger partial charge on any atom is 0.278 e. The molecule has 8 rings (SSSR count). The fourth-order valence-electron chi connectivity index (χ4n) is 7.73. The Bertz CT molecular complexity index is 1640. The number of aryl methyl sites for hydroxylation is 1. The van der Waals surface area contributed by atoms with Gasteiger partial charge in [-0.3, -0.25) is 4.79 Å². The number of rotatable bonds is 2. The Kier molecular flexibility index (Phi) is 3.81. The van der Waals surface area contributed by atoms with Gasteiger partial charge in [0.15, 0.2) is 5.72 Å². The van der Waals surface area contributed by atoms with Gasteiger partial charge >= 0.3 is 0 Å². The molecule has 5 heterocycles. The molecule has 1 amide bonds. The van der Waals surface area contributed by atoms with Crippen molar-refractivity contribution in [3.8, 4) is 0 Å². The molecule has 7 heteroatoms. The molecule has 2 aromatic carbocycles. The third kappa shape index (κ3) is 2.19. The highest BCUT2D eigenvalue weighted by Crippen LogP contribution is 2.53. The number of fused-ring (bicyclic) bond motifs is 13. The van der Waals surface area contributed by atoms with Crippen LogP contribution in [-0.2, 0) is 28.0 Å². The number of ether oxygens (including phenoxy) is 2. The second kappa shape index (κ2) is 6.60. The average Bonchev–Trinajstić information content (AvgIpc) is 3.51. The first kappa shape index (κ1) is 20.2. The van der Waals surface area contributed by atoms with Gasteiger partial charge in [0, 0.05) is 53.2 Å². The molecule has 1 fully saturated rings. The number of carbonyl (C=O) groups is 1. The molecule has 0 unspecified atom stereocenters. The van der Waals surface area contributed by atoms with E-state index < -0.39 is 5.72 Å². The summed E-state index contributed by atoms with van der Waals surface area (Å²) in [4.78, 5) is 17.6. The van der Waals surface area contributed by atoms with Crippen LogP contribution in [-0.4, -0.2) is 47.6 Å². The van der Waals surface area contributed by atoms with E-state index in [-0.39, 0.29) is 24.3 Å². The van der Waals surface area contributed by atoms with Gasteiger partial charge in [0.1, 0.15) is 12.3 Å². The number of para-hydroxylation sites is 1. The Morgan fingerprint density at radius 1 is 1.17 bits per heavy atom. The molecule has 2 aromatic heterocycles. The maximum atomic E-state index is 13.3. The molecule has 7 nitrogen and oxygen atoms in total. The lowest BCUT2D eigenvalue weighted by molar-refractivity contribution is -0.257. The number of aliphatic imine (C=N–C) groups is 1. The fourth-order valence-corrected chi connectivity index (χ4v) is 7.73. The van der Waals surface area contributed by atoms with Gasteiger partial charge < -0.3 is 23.9 Å². The van der Waals surface area contributed by atoms with E-state index in [1.165, 1.54) is 11.3 Å². The fraction of sp³-hybridized carbons (Fsp3) is 0.429. The molecule has 0 radical (unpaired) electrons. The van der Waals surface area contributed by atoms with E-state index >= 15 is 0 Å². The van der Waals surface area contributed by atoms with Crippen molar-refractivity contribution in [1.82, 2.24) is 14.5 Å². The number of benzene rings is 2. The van der Waals surface area contributed by atoms with Gasteiger partial charge in [-0.1, -0.05) is 18.2 Å². The Balaban J connectivity index is 1.69. The third-order valence-corrected chi connectivity index (χ3v) is 9.00. The van der Waals surface area contributed by atoms with Crippen LogP contribution in [0, 0.1) is 0 Å².